The molecule has 0 fully saturated rings. The van der Waals surface area contributed by atoms with Gasteiger partial charge < -0.3 is 5.32 Å². The third-order valence-corrected chi connectivity index (χ3v) is 7.52. The lowest BCUT2D eigenvalue weighted by molar-refractivity contribution is 0.0955. The maximum atomic E-state index is 13.0. The number of amides is 1. The molecular weight excluding hydrogens is 378 g/mol. The van der Waals surface area contributed by atoms with Gasteiger partial charge in [-0.25, -0.2) is 4.98 Å². The molecule has 0 unspecified atom stereocenters. The van der Waals surface area contributed by atoms with Crippen LogP contribution in [0, 0.1) is 6.92 Å². The fourth-order valence-corrected chi connectivity index (χ4v) is 5.59. The van der Waals surface area contributed by atoms with E-state index in [1.165, 1.54) is 16.2 Å². The first kappa shape index (κ1) is 18.4. The van der Waals surface area contributed by atoms with Gasteiger partial charge in [-0.3, -0.25) is 14.2 Å². The maximum absolute atomic E-state index is 13.0. The molecule has 0 bridgehead atoms. The van der Waals surface area contributed by atoms with Crippen LogP contribution in [0.3, 0.4) is 0 Å². The van der Waals surface area contributed by atoms with Crippen LogP contribution in [-0.2, 0) is 25.9 Å². The van der Waals surface area contributed by atoms with E-state index in [1.807, 2.05) is 11.5 Å². The van der Waals surface area contributed by atoms with Crippen LogP contribution in [0.2, 0.25) is 0 Å². The van der Waals surface area contributed by atoms with Crippen LogP contribution in [0.25, 0.3) is 10.2 Å². The second kappa shape index (κ2) is 7.56. The normalized spacial score (nSPS) is 14.1. The molecule has 3 aromatic rings. The van der Waals surface area contributed by atoms with Gasteiger partial charge in [0.2, 0.25) is 0 Å². The van der Waals surface area contributed by atoms with Gasteiger partial charge in [-0.05, 0) is 43.9 Å². The summed E-state index contributed by atoms with van der Waals surface area (Å²) in [5.41, 5.74) is 0.764. The molecular formula is C20H23N3O2S2. The van der Waals surface area contributed by atoms with Crippen molar-refractivity contribution < 1.29 is 4.79 Å². The predicted octanol–water partition coefficient (Wildman–Crippen LogP) is 4.05. The number of hydrogen-bond acceptors (Lipinski definition) is 5. The molecule has 0 aliphatic carbocycles. The summed E-state index contributed by atoms with van der Waals surface area (Å²) in [4.78, 5) is 34.2. The maximum Gasteiger partial charge on any atom is 0.262 e. The number of hydrogen-bond donors (Lipinski definition) is 1. The van der Waals surface area contributed by atoms with Crippen LogP contribution in [0.5, 0.6) is 0 Å². The number of aromatic nitrogens is 2. The highest BCUT2D eigenvalue weighted by molar-refractivity contribution is 7.20. The van der Waals surface area contributed by atoms with Crippen molar-refractivity contribution in [3.63, 3.8) is 0 Å². The average molecular weight is 402 g/mol. The number of carbonyl (C=O) groups excluding carboxylic acids is 1. The lowest BCUT2D eigenvalue weighted by Gasteiger charge is -2.08. The van der Waals surface area contributed by atoms with Gasteiger partial charge >= 0.3 is 0 Å². The second-order valence-electron chi connectivity index (χ2n) is 6.94. The standard InChI is InChI=1S/C20H23N3O2S2/c1-3-13-8-9-14(26-13)11-21-18(24)17-12(2)16-19(27-17)22-15-7-5-4-6-10-23(15)20(16)25/h8-9H,3-7,10-11H2,1-2H3,(H,21,24). The van der Waals surface area contributed by atoms with E-state index < -0.39 is 0 Å². The summed E-state index contributed by atoms with van der Waals surface area (Å²) in [7, 11) is 0. The third kappa shape index (κ3) is 3.46. The molecule has 0 radical (unpaired) electrons. The molecule has 142 valence electrons. The molecule has 0 spiro atoms. The largest absolute Gasteiger partial charge is 0.346 e. The molecule has 0 atom stereocenters. The Kier molecular flexibility index (Phi) is 5.14. The lowest BCUT2D eigenvalue weighted by Crippen LogP contribution is -2.25. The Labute approximate surface area is 166 Å². The number of fused-ring (bicyclic) bond motifs is 2. The van der Waals surface area contributed by atoms with Crippen molar-refractivity contribution in [1.29, 1.82) is 0 Å². The number of thiophene rings is 2. The van der Waals surface area contributed by atoms with Crippen molar-refractivity contribution in [3.8, 4) is 0 Å². The molecule has 1 amide bonds. The molecule has 4 heterocycles. The van der Waals surface area contributed by atoms with Crippen molar-refractivity contribution in [2.45, 2.75) is 59.0 Å². The Bertz CT molecular complexity index is 1060. The first-order chi connectivity index (χ1) is 13.1. The Morgan fingerprint density at radius 2 is 2.04 bits per heavy atom. The Hall–Kier alpha value is -1.99. The minimum absolute atomic E-state index is 0.00976. The van der Waals surface area contributed by atoms with Crippen molar-refractivity contribution in [2.75, 3.05) is 0 Å². The zero-order valence-corrected chi connectivity index (χ0v) is 17.3. The molecule has 3 aromatic heterocycles. The molecule has 1 N–H and O–H groups in total. The van der Waals surface area contributed by atoms with Crippen LogP contribution in [0.4, 0.5) is 0 Å². The number of rotatable bonds is 4. The first-order valence-corrected chi connectivity index (χ1v) is 11.1. The van der Waals surface area contributed by atoms with Gasteiger partial charge in [0, 0.05) is 22.7 Å². The van der Waals surface area contributed by atoms with Crippen LogP contribution in [-0.4, -0.2) is 15.5 Å². The minimum Gasteiger partial charge on any atom is -0.346 e. The number of nitrogens with one attached hydrogen (secondary N) is 1. The lowest BCUT2D eigenvalue weighted by atomic mass is 10.2. The van der Waals surface area contributed by atoms with E-state index in [-0.39, 0.29) is 11.5 Å². The highest BCUT2D eigenvalue weighted by Gasteiger charge is 2.22. The van der Waals surface area contributed by atoms with Gasteiger partial charge in [0.15, 0.2) is 0 Å². The van der Waals surface area contributed by atoms with Crippen molar-refractivity contribution in [3.05, 3.63) is 48.5 Å². The van der Waals surface area contributed by atoms with Gasteiger partial charge in [-0.1, -0.05) is 13.3 Å². The van der Waals surface area contributed by atoms with E-state index in [1.54, 1.807) is 11.3 Å². The van der Waals surface area contributed by atoms with E-state index in [9.17, 15) is 9.59 Å². The number of aryl methyl sites for hydroxylation is 3. The summed E-state index contributed by atoms with van der Waals surface area (Å²) < 4.78 is 1.81. The quantitative estimate of drug-likeness (QED) is 0.717. The van der Waals surface area contributed by atoms with Crippen LogP contribution in [0.1, 0.15) is 57.0 Å². The fraction of sp³-hybridized carbons (Fsp3) is 0.450. The van der Waals surface area contributed by atoms with E-state index in [4.69, 9.17) is 4.98 Å². The Balaban J connectivity index is 1.64. The van der Waals surface area contributed by atoms with Gasteiger partial charge in [-0.15, -0.1) is 22.7 Å². The molecule has 1 aliphatic rings. The van der Waals surface area contributed by atoms with Crippen molar-refractivity contribution in [2.24, 2.45) is 0 Å². The smallest absolute Gasteiger partial charge is 0.262 e. The first-order valence-electron chi connectivity index (χ1n) is 9.47. The molecule has 1 aliphatic heterocycles. The monoisotopic (exact) mass is 401 g/mol. The van der Waals surface area contributed by atoms with Crippen molar-refractivity contribution >= 4 is 38.8 Å². The fourth-order valence-electron chi connectivity index (χ4n) is 3.58. The third-order valence-electron chi connectivity index (χ3n) is 5.11. The minimum atomic E-state index is -0.124. The number of nitrogens with zero attached hydrogens (tertiary/aromatic N) is 2. The summed E-state index contributed by atoms with van der Waals surface area (Å²) in [6, 6.07) is 4.17. The van der Waals surface area contributed by atoms with Gasteiger partial charge in [0.05, 0.1) is 16.8 Å². The van der Waals surface area contributed by atoms with E-state index >= 15 is 0 Å². The summed E-state index contributed by atoms with van der Waals surface area (Å²) in [6.07, 6.45) is 5.05. The van der Waals surface area contributed by atoms with Crippen LogP contribution < -0.4 is 10.9 Å². The van der Waals surface area contributed by atoms with Gasteiger partial charge in [-0.2, -0.15) is 0 Å². The van der Waals surface area contributed by atoms with E-state index in [0.717, 1.165) is 54.9 Å². The van der Waals surface area contributed by atoms with Gasteiger partial charge in [0.1, 0.15) is 10.7 Å². The van der Waals surface area contributed by atoms with Gasteiger partial charge in [0.25, 0.3) is 11.5 Å². The molecule has 7 heteroatoms. The Morgan fingerprint density at radius 3 is 2.81 bits per heavy atom. The summed E-state index contributed by atoms with van der Waals surface area (Å²) in [5.74, 6) is 0.741. The molecule has 0 saturated heterocycles. The molecule has 5 nitrogen and oxygen atoms in total. The van der Waals surface area contributed by atoms with Crippen molar-refractivity contribution in [1.82, 2.24) is 14.9 Å². The van der Waals surface area contributed by atoms with Crippen LogP contribution >= 0.6 is 22.7 Å². The predicted molar refractivity (Wildman–Crippen MR) is 111 cm³/mol. The molecule has 0 aromatic carbocycles. The van der Waals surface area contributed by atoms with Crippen LogP contribution in [0.15, 0.2) is 16.9 Å². The molecule has 4 rings (SSSR count). The molecule has 27 heavy (non-hydrogen) atoms. The summed E-state index contributed by atoms with van der Waals surface area (Å²) in [5, 5.41) is 3.61. The zero-order chi connectivity index (χ0) is 19.0. The average Bonchev–Trinajstić information content (AvgIpc) is 3.17. The zero-order valence-electron chi connectivity index (χ0n) is 15.6. The molecule has 0 saturated carbocycles. The highest BCUT2D eigenvalue weighted by Crippen LogP contribution is 2.28. The number of carbonyl (C=O) groups is 1. The topological polar surface area (TPSA) is 64.0 Å². The van der Waals surface area contributed by atoms with E-state index in [0.29, 0.717) is 21.6 Å². The highest BCUT2D eigenvalue weighted by atomic mass is 32.1. The summed E-state index contributed by atoms with van der Waals surface area (Å²) >= 11 is 3.06. The second-order valence-corrected chi connectivity index (χ2v) is 9.19. The Morgan fingerprint density at radius 1 is 1.22 bits per heavy atom. The van der Waals surface area contributed by atoms with E-state index in [2.05, 4.69) is 24.4 Å². The summed E-state index contributed by atoms with van der Waals surface area (Å²) in [6.45, 7) is 5.23. The SMILES string of the molecule is CCc1ccc(CNC(=O)c2sc3nc4n(c(=O)c3c2C)CCCCC4)s1.